The molecule has 1 unspecified atom stereocenters. The van der Waals surface area contributed by atoms with E-state index in [1.807, 2.05) is 35.1 Å². The van der Waals surface area contributed by atoms with Crippen LogP contribution >= 0.6 is 0 Å². The maximum Gasteiger partial charge on any atom is 0.129 e. The monoisotopic (exact) mass is 321 g/mol. The zero-order chi connectivity index (χ0) is 16.2. The second kappa shape index (κ2) is 6.80. The van der Waals surface area contributed by atoms with Gasteiger partial charge in [0, 0.05) is 37.5 Å². The van der Waals surface area contributed by atoms with Gasteiger partial charge in [0.1, 0.15) is 12.1 Å². The zero-order valence-corrected chi connectivity index (χ0v) is 13.3. The highest BCUT2D eigenvalue weighted by atomic mass is 16.5. The molecule has 1 N–H and O–H groups in total. The number of anilines is 1. The van der Waals surface area contributed by atoms with Gasteiger partial charge in [-0.25, -0.2) is 14.6 Å². The minimum absolute atomic E-state index is 0.386. The molecule has 1 aliphatic heterocycles. The van der Waals surface area contributed by atoms with Crippen LogP contribution in [0.1, 0.15) is 23.6 Å². The summed E-state index contributed by atoms with van der Waals surface area (Å²) in [6.45, 7) is 2.27. The van der Waals surface area contributed by atoms with Gasteiger partial charge in [0.2, 0.25) is 0 Å². The van der Waals surface area contributed by atoms with Crippen LogP contribution in [0, 0.1) is 0 Å². The van der Waals surface area contributed by atoms with Crippen molar-refractivity contribution in [3.05, 3.63) is 66.4 Å². The Morgan fingerprint density at radius 1 is 1.21 bits per heavy atom. The van der Waals surface area contributed by atoms with Crippen molar-refractivity contribution >= 4 is 5.82 Å². The first-order valence-electron chi connectivity index (χ1n) is 8.11. The first-order chi connectivity index (χ1) is 11.9. The number of hydrogen-bond donors (Lipinski definition) is 1. The summed E-state index contributed by atoms with van der Waals surface area (Å²) in [5, 5.41) is 7.64. The first-order valence-corrected chi connectivity index (χ1v) is 8.11. The molecule has 0 saturated carbocycles. The number of rotatable bonds is 5. The summed E-state index contributed by atoms with van der Waals surface area (Å²) in [5.41, 5.74) is 3.27. The molecule has 24 heavy (non-hydrogen) atoms. The Balaban J connectivity index is 1.45. The summed E-state index contributed by atoms with van der Waals surface area (Å²) in [5.74, 6) is 1.23. The van der Waals surface area contributed by atoms with Crippen LogP contribution in [-0.4, -0.2) is 33.0 Å². The van der Waals surface area contributed by atoms with Gasteiger partial charge in [-0.15, -0.1) is 0 Å². The van der Waals surface area contributed by atoms with Gasteiger partial charge in [0.05, 0.1) is 18.0 Å². The molecule has 1 fully saturated rings. The quantitative estimate of drug-likeness (QED) is 0.783. The largest absolute Gasteiger partial charge is 0.381 e. The lowest BCUT2D eigenvalue weighted by molar-refractivity contribution is 0.193. The van der Waals surface area contributed by atoms with Crippen molar-refractivity contribution in [1.82, 2.24) is 19.7 Å². The molecule has 0 aliphatic carbocycles. The van der Waals surface area contributed by atoms with Crippen molar-refractivity contribution in [3.8, 4) is 5.69 Å². The van der Waals surface area contributed by atoms with E-state index >= 15 is 0 Å². The van der Waals surface area contributed by atoms with Crippen LogP contribution in [0.3, 0.4) is 0 Å². The molecule has 4 rings (SSSR count). The maximum atomic E-state index is 5.44. The molecule has 6 heteroatoms. The molecule has 2 aromatic heterocycles. The van der Waals surface area contributed by atoms with Crippen molar-refractivity contribution in [3.63, 3.8) is 0 Å². The fourth-order valence-electron chi connectivity index (χ4n) is 2.88. The predicted octanol–water partition coefficient (Wildman–Crippen LogP) is 2.78. The summed E-state index contributed by atoms with van der Waals surface area (Å²) < 4.78 is 7.29. The SMILES string of the molecule is c1cc(CNc2cc(C3CCOC3)ncn2)cc(-n2cccn2)c1. The number of aromatic nitrogens is 4. The molecule has 0 bridgehead atoms. The van der Waals surface area contributed by atoms with Crippen molar-refractivity contribution in [2.45, 2.75) is 18.9 Å². The van der Waals surface area contributed by atoms with Crippen molar-refractivity contribution in [2.24, 2.45) is 0 Å². The Labute approximate surface area is 140 Å². The van der Waals surface area contributed by atoms with Crippen LogP contribution < -0.4 is 5.32 Å². The third-order valence-electron chi connectivity index (χ3n) is 4.19. The van der Waals surface area contributed by atoms with Gasteiger partial charge in [-0.05, 0) is 30.2 Å². The van der Waals surface area contributed by atoms with E-state index in [-0.39, 0.29) is 0 Å². The first kappa shape index (κ1) is 14.8. The van der Waals surface area contributed by atoms with Crippen LogP contribution in [0.5, 0.6) is 0 Å². The number of ether oxygens (including phenoxy) is 1. The summed E-state index contributed by atoms with van der Waals surface area (Å²) in [6.07, 6.45) is 6.37. The number of nitrogens with one attached hydrogen (secondary N) is 1. The van der Waals surface area contributed by atoms with Crippen molar-refractivity contribution in [1.29, 1.82) is 0 Å². The summed E-state index contributed by atoms with van der Waals surface area (Å²) >= 11 is 0. The highest BCUT2D eigenvalue weighted by Crippen LogP contribution is 2.24. The van der Waals surface area contributed by atoms with Crippen molar-refractivity contribution in [2.75, 3.05) is 18.5 Å². The fraction of sp³-hybridized carbons (Fsp3) is 0.278. The Kier molecular flexibility index (Phi) is 4.20. The van der Waals surface area contributed by atoms with Gasteiger partial charge >= 0.3 is 0 Å². The predicted molar refractivity (Wildman–Crippen MR) is 91.1 cm³/mol. The van der Waals surface area contributed by atoms with Gasteiger partial charge in [-0.2, -0.15) is 5.10 Å². The van der Waals surface area contributed by atoms with Gasteiger partial charge < -0.3 is 10.1 Å². The molecule has 0 spiro atoms. The van der Waals surface area contributed by atoms with E-state index in [2.05, 4.69) is 32.5 Å². The van der Waals surface area contributed by atoms with E-state index in [1.165, 1.54) is 5.56 Å². The molecule has 0 radical (unpaired) electrons. The molecule has 6 nitrogen and oxygen atoms in total. The lowest BCUT2D eigenvalue weighted by Crippen LogP contribution is -2.06. The molecule has 1 atom stereocenters. The second-order valence-electron chi connectivity index (χ2n) is 5.86. The number of hydrogen-bond acceptors (Lipinski definition) is 5. The average Bonchev–Trinajstić information content (AvgIpc) is 3.34. The standard InChI is InChI=1S/C18H19N5O/c1-3-14(9-16(4-1)23-7-2-6-22-23)11-19-18-10-17(20-13-21-18)15-5-8-24-12-15/h1-4,6-7,9-10,13,15H,5,8,11-12H2,(H,19,20,21). The highest BCUT2D eigenvalue weighted by molar-refractivity contribution is 5.40. The van der Waals surface area contributed by atoms with Gasteiger partial charge in [0.15, 0.2) is 0 Å². The van der Waals surface area contributed by atoms with Crippen molar-refractivity contribution < 1.29 is 4.74 Å². The second-order valence-corrected chi connectivity index (χ2v) is 5.86. The smallest absolute Gasteiger partial charge is 0.129 e. The van der Waals surface area contributed by atoms with Crippen LogP contribution in [0.25, 0.3) is 5.69 Å². The fourth-order valence-corrected chi connectivity index (χ4v) is 2.88. The molecular formula is C18H19N5O. The van der Waals surface area contributed by atoms with Crippen LogP contribution in [0.2, 0.25) is 0 Å². The third-order valence-corrected chi connectivity index (χ3v) is 4.19. The maximum absolute atomic E-state index is 5.44. The van der Waals surface area contributed by atoms with E-state index in [9.17, 15) is 0 Å². The average molecular weight is 321 g/mol. The van der Waals surface area contributed by atoms with Crippen LogP contribution in [0.15, 0.2) is 55.1 Å². The van der Waals surface area contributed by atoms with Gasteiger partial charge in [-0.3, -0.25) is 0 Å². The number of benzene rings is 1. The molecule has 122 valence electrons. The molecule has 3 aromatic rings. The summed E-state index contributed by atoms with van der Waals surface area (Å²) in [4.78, 5) is 8.70. The summed E-state index contributed by atoms with van der Waals surface area (Å²) in [7, 11) is 0. The van der Waals surface area contributed by atoms with E-state index in [0.717, 1.165) is 36.8 Å². The Morgan fingerprint density at radius 2 is 2.21 bits per heavy atom. The molecule has 0 amide bonds. The Morgan fingerprint density at radius 3 is 3.04 bits per heavy atom. The van der Waals surface area contributed by atoms with E-state index in [4.69, 9.17) is 4.74 Å². The minimum atomic E-state index is 0.386. The number of nitrogens with zero attached hydrogens (tertiary/aromatic N) is 4. The third kappa shape index (κ3) is 3.28. The molecule has 3 heterocycles. The topological polar surface area (TPSA) is 64.9 Å². The molecule has 1 saturated heterocycles. The Hall–Kier alpha value is -2.73. The van der Waals surface area contributed by atoms with E-state index in [0.29, 0.717) is 12.5 Å². The van der Waals surface area contributed by atoms with Crippen LogP contribution in [0.4, 0.5) is 5.82 Å². The molecule has 1 aliphatic rings. The van der Waals surface area contributed by atoms with E-state index in [1.54, 1.807) is 12.5 Å². The van der Waals surface area contributed by atoms with Gasteiger partial charge in [0.25, 0.3) is 0 Å². The zero-order valence-electron chi connectivity index (χ0n) is 13.3. The van der Waals surface area contributed by atoms with E-state index < -0.39 is 0 Å². The molecular weight excluding hydrogens is 302 g/mol. The van der Waals surface area contributed by atoms with Crippen LogP contribution in [-0.2, 0) is 11.3 Å². The minimum Gasteiger partial charge on any atom is -0.381 e. The molecule has 1 aromatic carbocycles. The summed E-state index contributed by atoms with van der Waals surface area (Å²) in [6, 6.07) is 12.2. The van der Waals surface area contributed by atoms with Gasteiger partial charge in [-0.1, -0.05) is 12.1 Å². The highest BCUT2D eigenvalue weighted by Gasteiger charge is 2.19. The lowest BCUT2D eigenvalue weighted by Gasteiger charge is -2.10. The lowest BCUT2D eigenvalue weighted by atomic mass is 10.1. The Bertz CT molecular complexity index is 797. The normalized spacial score (nSPS) is 17.1.